The Morgan fingerprint density at radius 3 is 2.00 bits per heavy atom. The minimum atomic E-state index is 0. The van der Waals surface area contributed by atoms with E-state index in [1.54, 1.807) is 0 Å². The van der Waals surface area contributed by atoms with Crippen LogP contribution in [-0.2, 0) is 0 Å². The SMILES string of the molecule is CCCCS.[Sn+2]. The predicted molar refractivity (Wildman–Crippen MR) is 34.5 cm³/mol. The quantitative estimate of drug-likeness (QED) is 0.514. The molecule has 0 rings (SSSR count). The molecule has 2 radical (unpaired) electrons. The van der Waals surface area contributed by atoms with Gasteiger partial charge in [0.15, 0.2) is 0 Å². The fraction of sp³-hybridized carbons (Fsp3) is 1.00. The molecule has 0 amide bonds. The van der Waals surface area contributed by atoms with Crippen molar-refractivity contribution in [1.29, 1.82) is 0 Å². The molecule has 34 valence electrons. The Kier molecular flexibility index (Phi) is 16.1. The van der Waals surface area contributed by atoms with E-state index in [9.17, 15) is 0 Å². The summed E-state index contributed by atoms with van der Waals surface area (Å²) in [4.78, 5) is 0. The number of hydrogen-bond donors (Lipinski definition) is 1. The van der Waals surface area contributed by atoms with E-state index in [2.05, 4.69) is 19.6 Å². The summed E-state index contributed by atoms with van der Waals surface area (Å²) in [5.41, 5.74) is 0. The van der Waals surface area contributed by atoms with Gasteiger partial charge >= 0.3 is 23.9 Å². The van der Waals surface area contributed by atoms with Crippen LogP contribution in [0.4, 0.5) is 0 Å². The summed E-state index contributed by atoms with van der Waals surface area (Å²) >= 11 is 4.00. The van der Waals surface area contributed by atoms with E-state index in [1.807, 2.05) is 0 Å². The van der Waals surface area contributed by atoms with Crippen molar-refractivity contribution in [3.05, 3.63) is 0 Å². The summed E-state index contributed by atoms with van der Waals surface area (Å²) in [6.45, 7) is 2.16. The molecule has 0 N–H and O–H groups in total. The van der Waals surface area contributed by atoms with Gasteiger partial charge in [-0.25, -0.2) is 0 Å². The maximum atomic E-state index is 4.00. The second-order valence-corrected chi connectivity index (χ2v) is 1.52. The molecule has 0 aliphatic rings. The fourth-order valence-electron chi connectivity index (χ4n) is 0.158. The largest absolute Gasteiger partial charge is 2.00 e. The molecule has 0 aromatic rings. The van der Waals surface area contributed by atoms with Crippen LogP contribution in [-0.4, -0.2) is 29.7 Å². The molecular weight excluding hydrogens is 199 g/mol. The van der Waals surface area contributed by atoms with Crippen molar-refractivity contribution in [2.24, 2.45) is 0 Å². The molecule has 0 spiro atoms. The van der Waals surface area contributed by atoms with Crippen molar-refractivity contribution in [3.63, 3.8) is 0 Å². The van der Waals surface area contributed by atoms with Crippen molar-refractivity contribution in [2.75, 3.05) is 5.75 Å². The van der Waals surface area contributed by atoms with E-state index in [1.165, 1.54) is 12.8 Å². The fourth-order valence-corrected chi connectivity index (χ4v) is 0.474. The van der Waals surface area contributed by atoms with Gasteiger partial charge in [-0.15, -0.1) is 0 Å². The van der Waals surface area contributed by atoms with Crippen LogP contribution in [0, 0.1) is 0 Å². The van der Waals surface area contributed by atoms with Crippen LogP contribution >= 0.6 is 12.6 Å². The molecule has 0 heterocycles. The third kappa shape index (κ3) is 8.94. The molecule has 0 nitrogen and oxygen atoms in total. The van der Waals surface area contributed by atoms with Gasteiger partial charge in [-0.3, -0.25) is 0 Å². The summed E-state index contributed by atoms with van der Waals surface area (Å²) in [7, 11) is 0. The smallest absolute Gasteiger partial charge is 0.179 e. The van der Waals surface area contributed by atoms with Gasteiger partial charge < -0.3 is 0 Å². The van der Waals surface area contributed by atoms with Crippen LogP contribution in [0.1, 0.15) is 19.8 Å². The molecule has 0 fully saturated rings. The van der Waals surface area contributed by atoms with E-state index in [-0.39, 0.29) is 23.9 Å². The standard InChI is InChI=1S/C4H10S.Sn/c1-2-3-4-5;/h5H,2-4H2,1H3;/q;+2. The van der Waals surface area contributed by atoms with Crippen LogP contribution in [0.2, 0.25) is 0 Å². The first-order chi connectivity index (χ1) is 2.41. The zero-order chi connectivity index (χ0) is 4.12. The average molecular weight is 209 g/mol. The van der Waals surface area contributed by atoms with Crippen molar-refractivity contribution in [3.8, 4) is 0 Å². The zero-order valence-electron chi connectivity index (χ0n) is 4.07. The maximum absolute atomic E-state index is 4.00. The Morgan fingerprint density at radius 1 is 1.50 bits per heavy atom. The van der Waals surface area contributed by atoms with Crippen LogP contribution in [0.15, 0.2) is 0 Å². The van der Waals surface area contributed by atoms with Gasteiger partial charge in [-0.05, 0) is 12.2 Å². The second kappa shape index (κ2) is 9.47. The summed E-state index contributed by atoms with van der Waals surface area (Å²) in [5.74, 6) is 1.04. The van der Waals surface area contributed by atoms with E-state index < -0.39 is 0 Å². The molecule has 0 aromatic heterocycles. The third-order valence-electron chi connectivity index (χ3n) is 0.512. The molecule has 0 unspecified atom stereocenters. The molecule has 0 aromatic carbocycles. The van der Waals surface area contributed by atoms with Gasteiger partial charge in [0.1, 0.15) is 0 Å². The van der Waals surface area contributed by atoms with Gasteiger partial charge in [0.05, 0.1) is 0 Å². The van der Waals surface area contributed by atoms with E-state index >= 15 is 0 Å². The van der Waals surface area contributed by atoms with Gasteiger partial charge in [-0.2, -0.15) is 12.6 Å². The van der Waals surface area contributed by atoms with Crippen molar-refractivity contribution in [2.45, 2.75) is 19.8 Å². The minimum absolute atomic E-state index is 0. The first-order valence-electron chi connectivity index (χ1n) is 2.02. The Hall–Kier alpha value is 1.15. The molecule has 2 heteroatoms. The number of hydrogen-bond acceptors (Lipinski definition) is 1. The summed E-state index contributed by atoms with van der Waals surface area (Å²) in [6.07, 6.45) is 2.52. The van der Waals surface area contributed by atoms with Crippen molar-refractivity contribution in [1.82, 2.24) is 0 Å². The van der Waals surface area contributed by atoms with Crippen LogP contribution < -0.4 is 0 Å². The monoisotopic (exact) mass is 210 g/mol. The Labute approximate surface area is 62.1 Å². The molecule has 6 heavy (non-hydrogen) atoms. The molecule has 0 aliphatic carbocycles. The summed E-state index contributed by atoms with van der Waals surface area (Å²) in [6, 6.07) is 0. The molecule has 0 aliphatic heterocycles. The molecule has 0 atom stereocenters. The predicted octanol–water partition coefficient (Wildman–Crippen LogP) is 1.34. The number of unbranched alkanes of at least 4 members (excludes halogenated alkanes) is 1. The maximum Gasteiger partial charge on any atom is 2.00 e. The van der Waals surface area contributed by atoms with Crippen molar-refractivity contribution >= 4 is 36.5 Å². The Balaban J connectivity index is 0. The van der Waals surface area contributed by atoms with E-state index in [0.717, 1.165) is 5.75 Å². The number of thiol groups is 1. The van der Waals surface area contributed by atoms with E-state index in [0.29, 0.717) is 0 Å². The molecule has 0 saturated heterocycles. The topological polar surface area (TPSA) is 0 Å². The van der Waals surface area contributed by atoms with Gasteiger partial charge in [-0.1, -0.05) is 13.3 Å². The van der Waals surface area contributed by atoms with Crippen LogP contribution in [0.3, 0.4) is 0 Å². The molecule has 0 bridgehead atoms. The second-order valence-electron chi connectivity index (χ2n) is 1.08. The zero-order valence-corrected chi connectivity index (χ0v) is 7.82. The van der Waals surface area contributed by atoms with Gasteiger partial charge in [0.25, 0.3) is 0 Å². The normalized spacial score (nSPS) is 7.00. The first kappa shape index (κ1) is 10.2. The third-order valence-corrected chi connectivity index (χ3v) is 0.828. The molecule has 0 saturated carbocycles. The average Bonchev–Trinajstić information content (AvgIpc) is 1.41. The Bertz CT molecular complexity index is 15.0. The molecular formula is C4H10SSn+2. The number of rotatable bonds is 2. The summed E-state index contributed by atoms with van der Waals surface area (Å²) < 4.78 is 0. The Morgan fingerprint density at radius 2 is 2.00 bits per heavy atom. The van der Waals surface area contributed by atoms with E-state index in [4.69, 9.17) is 0 Å². The van der Waals surface area contributed by atoms with Gasteiger partial charge in [0, 0.05) is 0 Å². The minimum Gasteiger partial charge on any atom is -0.179 e. The van der Waals surface area contributed by atoms with Crippen molar-refractivity contribution < 1.29 is 0 Å². The first-order valence-corrected chi connectivity index (χ1v) is 2.66. The van der Waals surface area contributed by atoms with Crippen LogP contribution in [0.25, 0.3) is 0 Å². The summed E-state index contributed by atoms with van der Waals surface area (Å²) in [5, 5.41) is 0. The van der Waals surface area contributed by atoms with Crippen LogP contribution in [0.5, 0.6) is 0 Å². The van der Waals surface area contributed by atoms with Gasteiger partial charge in [0.2, 0.25) is 0 Å².